The van der Waals surface area contributed by atoms with E-state index in [0.29, 0.717) is 6.54 Å². The number of benzene rings is 1. The van der Waals surface area contributed by atoms with E-state index in [2.05, 4.69) is 35.1 Å². The third-order valence-corrected chi connectivity index (χ3v) is 3.14. The van der Waals surface area contributed by atoms with E-state index in [9.17, 15) is 0 Å². The molecule has 3 nitrogen and oxygen atoms in total. The Kier molecular flexibility index (Phi) is 3.08. The number of hydrogen-bond donors (Lipinski definition) is 2. The zero-order valence-corrected chi connectivity index (χ0v) is 9.34. The van der Waals surface area contributed by atoms with E-state index in [1.54, 1.807) is 18.0 Å². The van der Waals surface area contributed by atoms with Gasteiger partial charge in [0, 0.05) is 23.8 Å². The summed E-state index contributed by atoms with van der Waals surface area (Å²) in [6.45, 7) is 2.63. The van der Waals surface area contributed by atoms with Crippen LogP contribution in [0.1, 0.15) is 11.1 Å². The Labute approximate surface area is 93.1 Å². The Hall–Kier alpha value is -1.26. The maximum absolute atomic E-state index is 5.69. The van der Waals surface area contributed by atoms with Gasteiger partial charge >= 0.3 is 0 Å². The van der Waals surface area contributed by atoms with E-state index < -0.39 is 0 Å². The van der Waals surface area contributed by atoms with Crippen molar-refractivity contribution in [2.24, 2.45) is 5.73 Å². The highest BCUT2D eigenvalue weighted by atomic mass is 32.2. The van der Waals surface area contributed by atoms with Crippen LogP contribution in [0.3, 0.4) is 0 Å². The maximum Gasteiger partial charge on any atom is 0.170 e. The molecule has 0 unspecified atom stereocenters. The molecule has 0 fully saturated rings. The Morgan fingerprint density at radius 2 is 2.33 bits per heavy atom. The van der Waals surface area contributed by atoms with Crippen LogP contribution in [0, 0.1) is 6.92 Å². The van der Waals surface area contributed by atoms with E-state index >= 15 is 0 Å². The largest absolute Gasteiger partial charge is 0.339 e. The third-order valence-electron chi connectivity index (χ3n) is 2.12. The summed E-state index contributed by atoms with van der Waals surface area (Å²) < 4.78 is 0. The van der Waals surface area contributed by atoms with E-state index in [4.69, 9.17) is 5.73 Å². The average molecular weight is 219 g/mol. The van der Waals surface area contributed by atoms with Gasteiger partial charge in [0.15, 0.2) is 5.16 Å². The Balaban J connectivity index is 2.30. The second-order valence-corrected chi connectivity index (χ2v) is 4.34. The standard InChI is InChI=1S/C11H13N3S/c1-8-2-3-9(7-12)10(6-8)15-11-13-4-5-14-11/h2-6H,7,12H2,1H3,(H,13,14). The summed E-state index contributed by atoms with van der Waals surface area (Å²) in [6, 6.07) is 6.28. The van der Waals surface area contributed by atoms with Crippen LogP contribution in [0.4, 0.5) is 0 Å². The normalized spacial score (nSPS) is 10.5. The fraction of sp³-hybridized carbons (Fsp3) is 0.182. The summed E-state index contributed by atoms with van der Waals surface area (Å²) in [4.78, 5) is 8.42. The number of rotatable bonds is 3. The number of imidazole rings is 1. The minimum Gasteiger partial charge on any atom is -0.339 e. The second-order valence-electron chi connectivity index (χ2n) is 3.31. The van der Waals surface area contributed by atoms with Crippen LogP contribution in [0.2, 0.25) is 0 Å². The van der Waals surface area contributed by atoms with Gasteiger partial charge in [-0.3, -0.25) is 0 Å². The van der Waals surface area contributed by atoms with Crippen molar-refractivity contribution in [1.29, 1.82) is 0 Å². The highest BCUT2D eigenvalue weighted by Crippen LogP contribution is 2.28. The van der Waals surface area contributed by atoms with Crippen molar-refractivity contribution in [3.05, 3.63) is 41.7 Å². The highest BCUT2D eigenvalue weighted by Gasteiger charge is 2.04. The Bertz CT molecular complexity index is 437. The zero-order valence-electron chi connectivity index (χ0n) is 8.53. The number of H-pyrrole nitrogens is 1. The molecule has 78 valence electrons. The van der Waals surface area contributed by atoms with Crippen LogP contribution in [-0.4, -0.2) is 9.97 Å². The molecule has 1 heterocycles. The molecule has 0 aliphatic rings. The number of hydrogen-bond acceptors (Lipinski definition) is 3. The summed E-state index contributed by atoms with van der Waals surface area (Å²) in [5.74, 6) is 0. The molecule has 0 bridgehead atoms. The van der Waals surface area contributed by atoms with Crippen molar-refractivity contribution in [2.45, 2.75) is 23.5 Å². The van der Waals surface area contributed by atoms with Crippen LogP contribution in [0.25, 0.3) is 0 Å². The Morgan fingerprint density at radius 3 is 3.00 bits per heavy atom. The van der Waals surface area contributed by atoms with Gasteiger partial charge in [0.1, 0.15) is 0 Å². The van der Waals surface area contributed by atoms with Crippen molar-refractivity contribution in [1.82, 2.24) is 9.97 Å². The molecule has 1 aromatic heterocycles. The van der Waals surface area contributed by atoms with Crippen LogP contribution in [0.5, 0.6) is 0 Å². The molecule has 0 spiro atoms. The highest BCUT2D eigenvalue weighted by molar-refractivity contribution is 7.99. The average Bonchev–Trinajstić information content (AvgIpc) is 2.71. The lowest BCUT2D eigenvalue weighted by Gasteiger charge is -2.06. The van der Waals surface area contributed by atoms with Gasteiger partial charge in [-0.25, -0.2) is 4.98 Å². The monoisotopic (exact) mass is 219 g/mol. The molecule has 4 heteroatoms. The van der Waals surface area contributed by atoms with Crippen LogP contribution in [0.15, 0.2) is 40.6 Å². The SMILES string of the molecule is Cc1ccc(CN)c(Sc2ncc[nH]2)c1. The third kappa shape index (κ3) is 2.40. The molecule has 0 aliphatic carbocycles. The molecule has 0 aliphatic heterocycles. The minimum atomic E-state index is 0.559. The topological polar surface area (TPSA) is 54.7 Å². The zero-order chi connectivity index (χ0) is 10.7. The molecule has 3 N–H and O–H groups in total. The van der Waals surface area contributed by atoms with E-state index in [-0.39, 0.29) is 0 Å². The van der Waals surface area contributed by atoms with Gasteiger partial charge in [-0.1, -0.05) is 23.9 Å². The van der Waals surface area contributed by atoms with Gasteiger partial charge < -0.3 is 10.7 Å². The molecule has 1 aromatic carbocycles. The smallest absolute Gasteiger partial charge is 0.170 e. The van der Waals surface area contributed by atoms with E-state index in [0.717, 1.165) is 10.7 Å². The predicted octanol–water partition coefficient (Wildman–Crippen LogP) is 2.33. The second kappa shape index (κ2) is 4.51. The fourth-order valence-electron chi connectivity index (χ4n) is 1.34. The van der Waals surface area contributed by atoms with Crippen LogP contribution >= 0.6 is 11.8 Å². The van der Waals surface area contributed by atoms with Crippen LogP contribution in [-0.2, 0) is 6.54 Å². The van der Waals surface area contributed by atoms with Gasteiger partial charge in [0.05, 0.1) is 0 Å². The number of aromatic nitrogens is 2. The summed E-state index contributed by atoms with van der Waals surface area (Å²) in [6.07, 6.45) is 3.57. The maximum atomic E-state index is 5.69. The van der Waals surface area contributed by atoms with Gasteiger partial charge in [0.25, 0.3) is 0 Å². The minimum absolute atomic E-state index is 0.559. The lowest BCUT2D eigenvalue weighted by Crippen LogP contribution is -1.98. The molecule has 0 radical (unpaired) electrons. The number of nitrogens with two attached hydrogens (primary N) is 1. The molecule has 0 atom stereocenters. The molecular formula is C11H13N3S. The molecule has 0 saturated carbocycles. The lowest BCUT2D eigenvalue weighted by atomic mass is 10.1. The van der Waals surface area contributed by atoms with Crippen molar-refractivity contribution in [3.63, 3.8) is 0 Å². The molecule has 15 heavy (non-hydrogen) atoms. The van der Waals surface area contributed by atoms with E-state index in [1.165, 1.54) is 10.5 Å². The number of aryl methyl sites for hydroxylation is 1. The molecule has 2 aromatic rings. The number of nitrogens with one attached hydrogen (secondary N) is 1. The molecular weight excluding hydrogens is 206 g/mol. The van der Waals surface area contributed by atoms with Gasteiger partial charge in [0.2, 0.25) is 0 Å². The first-order chi connectivity index (χ1) is 7.29. The van der Waals surface area contributed by atoms with Crippen molar-refractivity contribution in [2.75, 3.05) is 0 Å². The predicted molar refractivity (Wildman–Crippen MR) is 61.8 cm³/mol. The number of nitrogens with zero attached hydrogens (tertiary/aromatic N) is 1. The number of aromatic amines is 1. The van der Waals surface area contributed by atoms with E-state index in [1.807, 2.05) is 6.20 Å². The van der Waals surface area contributed by atoms with Gasteiger partial charge in [-0.05, 0) is 24.1 Å². The quantitative estimate of drug-likeness (QED) is 0.833. The summed E-state index contributed by atoms with van der Waals surface area (Å²) in [5.41, 5.74) is 8.08. The van der Waals surface area contributed by atoms with Crippen LogP contribution < -0.4 is 5.73 Å². The van der Waals surface area contributed by atoms with Crippen molar-refractivity contribution in [3.8, 4) is 0 Å². The summed E-state index contributed by atoms with van der Waals surface area (Å²) >= 11 is 1.61. The molecule has 0 saturated heterocycles. The van der Waals surface area contributed by atoms with Crippen molar-refractivity contribution >= 4 is 11.8 Å². The van der Waals surface area contributed by atoms with Crippen molar-refractivity contribution < 1.29 is 0 Å². The summed E-state index contributed by atoms with van der Waals surface area (Å²) in [7, 11) is 0. The molecule has 0 amide bonds. The van der Waals surface area contributed by atoms with Gasteiger partial charge in [-0.15, -0.1) is 0 Å². The first kappa shape index (κ1) is 10.3. The lowest BCUT2D eigenvalue weighted by molar-refractivity contribution is 1.01. The fourth-order valence-corrected chi connectivity index (χ4v) is 2.31. The first-order valence-corrected chi connectivity index (χ1v) is 5.58. The summed E-state index contributed by atoms with van der Waals surface area (Å²) in [5, 5.41) is 0.898. The molecule has 2 rings (SSSR count). The van der Waals surface area contributed by atoms with Gasteiger partial charge in [-0.2, -0.15) is 0 Å². The Morgan fingerprint density at radius 1 is 1.47 bits per heavy atom. The first-order valence-electron chi connectivity index (χ1n) is 4.76.